The third kappa shape index (κ3) is 4.62. The predicted octanol–water partition coefficient (Wildman–Crippen LogP) is 1.77. The number of benzene rings is 2. The van der Waals surface area contributed by atoms with Crippen LogP contribution in [0.15, 0.2) is 73.1 Å². The number of carbonyl (C=O) groups is 3. The maximum absolute atomic E-state index is 13.0. The number of hydrogen-bond acceptors (Lipinski definition) is 6. The second-order valence-electron chi connectivity index (χ2n) is 7.65. The number of amides is 3. The fraction of sp³-hybridized carbons (Fsp3) is 0.125. The Hall–Kier alpha value is -4.57. The van der Waals surface area contributed by atoms with E-state index in [2.05, 4.69) is 15.3 Å². The highest BCUT2D eigenvalue weighted by Crippen LogP contribution is 2.24. The number of aromatic nitrogens is 3. The highest BCUT2D eigenvalue weighted by Gasteiger charge is 2.21. The Balaban J connectivity index is 1.71. The first-order valence-electron chi connectivity index (χ1n) is 10.4. The summed E-state index contributed by atoms with van der Waals surface area (Å²) < 4.78 is 1.59. The Morgan fingerprint density at radius 3 is 2.50 bits per heavy atom. The zero-order chi connectivity index (χ0) is 24.2. The van der Waals surface area contributed by atoms with Crippen LogP contribution in [0.1, 0.15) is 20.7 Å². The van der Waals surface area contributed by atoms with E-state index in [0.29, 0.717) is 22.2 Å². The summed E-state index contributed by atoms with van der Waals surface area (Å²) in [5, 5.41) is 2.73. The lowest BCUT2D eigenvalue weighted by Crippen LogP contribution is -2.40. The number of nitrogens with zero attached hydrogens (tertiary/aromatic N) is 4. The Bertz CT molecular complexity index is 1350. The van der Waals surface area contributed by atoms with Crippen molar-refractivity contribution in [2.45, 2.75) is 12.6 Å². The third-order valence-corrected chi connectivity index (χ3v) is 5.34. The topological polar surface area (TPSA) is 149 Å². The average molecular weight is 457 g/mol. The average Bonchev–Trinajstić information content (AvgIpc) is 3.19. The Morgan fingerprint density at radius 2 is 1.82 bits per heavy atom. The first kappa shape index (κ1) is 22.6. The number of hydrogen-bond donors (Lipinski definition) is 3. The van der Waals surface area contributed by atoms with Gasteiger partial charge in [0.15, 0.2) is 0 Å². The molecule has 10 nitrogen and oxygen atoms in total. The van der Waals surface area contributed by atoms with Crippen LogP contribution in [0.5, 0.6) is 0 Å². The molecule has 0 unspecified atom stereocenters. The van der Waals surface area contributed by atoms with E-state index in [-0.39, 0.29) is 18.4 Å². The standard InChI is InChI=1S/C24H23N7O3/c1-30(17-7-3-2-4-8-17)23(34)15-9-10-20-19(12-15)28-24(31(20)14-18(25)21(26)32)29-22(33)16-6-5-11-27-13-16/h2-13,18H,14,25H2,1H3,(H2,26,32)(H,28,29,33)/t18-/m0/s1. The van der Waals surface area contributed by atoms with Crippen molar-refractivity contribution < 1.29 is 14.4 Å². The number of para-hydroxylation sites is 1. The monoisotopic (exact) mass is 457 g/mol. The molecule has 34 heavy (non-hydrogen) atoms. The zero-order valence-electron chi connectivity index (χ0n) is 18.4. The summed E-state index contributed by atoms with van der Waals surface area (Å²) in [6, 6.07) is 16.5. The molecule has 4 rings (SSSR count). The molecule has 0 bridgehead atoms. The van der Waals surface area contributed by atoms with Crippen LogP contribution in [0.4, 0.5) is 11.6 Å². The van der Waals surface area contributed by atoms with Crippen LogP contribution < -0.4 is 21.7 Å². The van der Waals surface area contributed by atoms with Gasteiger partial charge < -0.3 is 20.9 Å². The summed E-state index contributed by atoms with van der Waals surface area (Å²) in [6.07, 6.45) is 2.98. The molecule has 0 fully saturated rings. The fourth-order valence-electron chi connectivity index (χ4n) is 3.46. The van der Waals surface area contributed by atoms with Crippen LogP contribution in [0.25, 0.3) is 11.0 Å². The number of pyridine rings is 1. The van der Waals surface area contributed by atoms with E-state index in [1.807, 2.05) is 30.3 Å². The molecule has 1 atom stereocenters. The molecule has 2 aromatic heterocycles. The van der Waals surface area contributed by atoms with Gasteiger partial charge in [0.25, 0.3) is 11.8 Å². The third-order valence-electron chi connectivity index (χ3n) is 5.34. The molecule has 0 saturated heterocycles. The minimum Gasteiger partial charge on any atom is -0.368 e. The number of rotatable bonds is 7. The van der Waals surface area contributed by atoms with Gasteiger partial charge in [-0.15, -0.1) is 0 Å². The van der Waals surface area contributed by atoms with Gasteiger partial charge in [-0.25, -0.2) is 4.98 Å². The lowest BCUT2D eigenvalue weighted by atomic mass is 10.1. The van der Waals surface area contributed by atoms with Gasteiger partial charge in [-0.3, -0.25) is 24.7 Å². The second kappa shape index (κ2) is 9.51. The van der Waals surface area contributed by atoms with Crippen molar-refractivity contribution in [3.63, 3.8) is 0 Å². The molecule has 5 N–H and O–H groups in total. The van der Waals surface area contributed by atoms with Gasteiger partial charge >= 0.3 is 0 Å². The van der Waals surface area contributed by atoms with Crippen molar-refractivity contribution in [2.24, 2.45) is 11.5 Å². The van der Waals surface area contributed by atoms with E-state index in [1.165, 1.54) is 11.1 Å². The van der Waals surface area contributed by atoms with Crippen molar-refractivity contribution in [3.05, 3.63) is 84.2 Å². The van der Waals surface area contributed by atoms with Crippen LogP contribution in [-0.4, -0.2) is 45.3 Å². The summed E-state index contributed by atoms with van der Waals surface area (Å²) in [4.78, 5) is 47.3. The molecule has 2 heterocycles. The summed E-state index contributed by atoms with van der Waals surface area (Å²) >= 11 is 0. The highest BCUT2D eigenvalue weighted by molar-refractivity contribution is 6.08. The van der Waals surface area contributed by atoms with Crippen molar-refractivity contribution in [1.29, 1.82) is 0 Å². The van der Waals surface area contributed by atoms with Crippen LogP contribution in [0.3, 0.4) is 0 Å². The largest absolute Gasteiger partial charge is 0.368 e. The lowest BCUT2D eigenvalue weighted by Gasteiger charge is -2.17. The highest BCUT2D eigenvalue weighted by atomic mass is 16.2. The molecule has 0 aliphatic rings. The Kier molecular flexibility index (Phi) is 6.33. The quantitative estimate of drug-likeness (QED) is 0.385. The maximum Gasteiger partial charge on any atom is 0.259 e. The van der Waals surface area contributed by atoms with Crippen LogP contribution >= 0.6 is 0 Å². The zero-order valence-corrected chi connectivity index (χ0v) is 18.4. The van der Waals surface area contributed by atoms with Crippen LogP contribution in [0.2, 0.25) is 0 Å². The van der Waals surface area contributed by atoms with Crippen LogP contribution in [0, 0.1) is 0 Å². The fourth-order valence-corrected chi connectivity index (χ4v) is 3.46. The van der Waals surface area contributed by atoms with E-state index in [9.17, 15) is 14.4 Å². The van der Waals surface area contributed by atoms with Gasteiger partial charge in [-0.2, -0.15) is 0 Å². The first-order chi connectivity index (χ1) is 16.3. The number of carbonyl (C=O) groups excluding carboxylic acids is 3. The van der Waals surface area contributed by atoms with E-state index in [0.717, 1.165) is 5.69 Å². The summed E-state index contributed by atoms with van der Waals surface area (Å²) in [5.41, 5.74) is 13.8. The van der Waals surface area contributed by atoms with Gasteiger partial charge in [-0.1, -0.05) is 18.2 Å². The van der Waals surface area contributed by atoms with Gasteiger partial charge in [0.05, 0.1) is 23.1 Å². The molecule has 2 aromatic carbocycles. The number of fused-ring (bicyclic) bond motifs is 1. The lowest BCUT2D eigenvalue weighted by molar-refractivity contribution is -0.119. The molecule has 0 spiro atoms. The molecular weight excluding hydrogens is 434 g/mol. The van der Waals surface area contributed by atoms with Crippen LogP contribution in [-0.2, 0) is 11.3 Å². The van der Waals surface area contributed by atoms with E-state index in [4.69, 9.17) is 11.5 Å². The van der Waals surface area contributed by atoms with Crippen molar-refractivity contribution >= 4 is 40.4 Å². The molecule has 0 aliphatic heterocycles. The van der Waals surface area contributed by atoms with E-state index < -0.39 is 17.9 Å². The summed E-state index contributed by atoms with van der Waals surface area (Å²) in [7, 11) is 1.69. The minimum absolute atomic E-state index is 0.00824. The molecule has 4 aromatic rings. The van der Waals surface area contributed by atoms with Gasteiger partial charge in [0, 0.05) is 30.7 Å². The van der Waals surface area contributed by atoms with Gasteiger partial charge in [0.1, 0.15) is 6.04 Å². The van der Waals surface area contributed by atoms with Gasteiger partial charge in [0.2, 0.25) is 11.9 Å². The molecular formula is C24H23N7O3. The molecule has 3 amide bonds. The predicted molar refractivity (Wildman–Crippen MR) is 128 cm³/mol. The maximum atomic E-state index is 13.0. The minimum atomic E-state index is -1.00. The number of nitrogens with two attached hydrogens (primary N) is 2. The van der Waals surface area contributed by atoms with E-state index >= 15 is 0 Å². The number of nitrogens with one attached hydrogen (secondary N) is 1. The normalized spacial score (nSPS) is 11.7. The molecule has 0 radical (unpaired) electrons. The van der Waals surface area contributed by atoms with Gasteiger partial charge in [-0.05, 0) is 42.5 Å². The smallest absolute Gasteiger partial charge is 0.259 e. The first-order valence-corrected chi connectivity index (χ1v) is 10.4. The Labute approximate surface area is 195 Å². The molecule has 0 aliphatic carbocycles. The summed E-state index contributed by atoms with van der Waals surface area (Å²) in [6.45, 7) is -0.00824. The SMILES string of the molecule is CN(C(=O)c1ccc2c(c1)nc(NC(=O)c1cccnc1)n2C[C@H](N)C(N)=O)c1ccccc1. The second-order valence-corrected chi connectivity index (χ2v) is 7.65. The molecule has 172 valence electrons. The number of primary amides is 1. The van der Waals surface area contributed by atoms with Crippen molar-refractivity contribution in [3.8, 4) is 0 Å². The van der Waals surface area contributed by atoms with Crippen molar-refractivity contribution in [2.75, 3.05) is 17.3 Å². The number of anilines is 2. The van der Waals surface area contributed by atoms with Crippen molar-refractivity contribution in [1.82, 2.24) is 14.5 Å². The molecule has 0 saturated carbocycles. The number of imidazole rings is 1. The Morgan fingerprint density at radius 1 is 1.06 bits per heavy atom. The van der Waals surface area contributed by atoms with E-state index in [1.54, 1.807) is 48.1 Å². The summed E-state index contributed by atoms with van der Waals surface area (Å²) in [5.74, 6) is -1.18. The molecule has 10 heteroatoms.